The van der Waals surface area contributed by atoms with Crippen molar-refractivity contribution in [3.63, 3.8) is 0 Å². The van der Waals surface area contributed by atoms with Crippen LogP contribution in [0.2, 0.25) is 0 Å². The zero-order chi connectivity index (χ0) is 17.6. The van der Waals surface area contributed by atoms with Crippen LogP contribution < -0.4 is 4.90 Å². The second-order valence-electron chi connectivity index (χ2n) is 8.64. The molecule has 1 aromatic carbocycles. The molecule has 0 amide bonds. The van der Waals surface area contributed by atoms with E-state index in [1.54, 1.807) is 0 Å². The molecule has 23 heavy (non-hydrogen) atoms. The maximum absolute atomic E-state index is 6.52. The fourth-order valence-electron chi connectivity index (χ4n) is 4.06. The van der Waals surface area contributed by atoms with Gasteiger partial charge in [0.1, 0.15) is 0 Å². The number of anilines is 1. The quantitative estimate of drug-likeness (QED) is 0.514. The van der Waals surface area contributed by atoms with Crippen molar-refractivity contribution in [3.05, 3.63) is 29.3 Å². The monoisotopic (exact) mass is 423 g/mol. The van der Waals surface area contributed by atoms with Crippen LogP contribution in [0.25, 0.3) is 0 Å². The summed E-state index contributed by atoms with van der Waals surface area (Å²) in [5.74, 6) is 1.02. The van der Waals surface area contributed by atoms with E-state index in [1.165, 1.54) is 21.0 Å². The number of rotatable bonds is 3. The molecule has 3 heteroatoms. The molecule has 1 aliphatic rings. The van der Waals surface area contributed by atoms with E-state index in [-0.39, 0.29) is 26.6 Å². The van der Waals surface area contributed by atoms with Crippen molar-refractivity contribution in [2.24, 2.45) is 5.41 Å². The van der Waals surface area contributed by atoms with Gasteiger partial charge in [-0.3, -0.25) is 0 Å². The van der Waals surface area contributed by atoms with Gasteiger partial charge in [-0.25, -0.2) is 0 Å². The minimum absolute atomic E-state index is 0.0766. The summed E-state index contributed by atoms with van der Waals surface area (Å²) < 4.78 is 1.43. The molecule has 2 rings (SSSR count). The van der Waals surface area contributed by atoms with Crippen molar-refractivity contribution >= 4 is 19.6 Å². The molecule has 0 N–H and O–H groups in total. The van der Waals surface area contributed by atoms with Gasteiger partial charge in [0.2, 0.25) is 0 Å². The third-order valence-corrected chi connectivity index (χ3v) is 7.30. The van der Waals surface area contributed by atoms with E-state index in [0.717, 1.165) is 6.42 Å². The molecule has 0 atom stereocenters. The Kier molecular flexibility index (Phi) is 5.49. The molecule has 1 nitrogen and oxygen atoms in total. The van der Waals surface area contributed by atoms with Crippen LogP contribution in [0.3, 0.4) is 0 Å². The van der Waals surface area contributed by atoms with Gasteiger partial charge >= 0.3 is 154 Å². The number of benzene rings is 1. The zero-order valence-electron chi connectivity index (χ0n) is 15.8. The minimum atomic E-state index is -0.0766. The molecule has 132 valence electrons. The van der Waals surface area contributed by atoms with E-state index in [0.29, 0.717) is 11.8 Å². The first-order chi connectivity index (χ1) is 10.5. The van der Waals surface area contributed by atoms with Gasteiger partial charge in [-0.2, -0.15) is 0 Å². The molecular formula is C20H31ClNRh. The molecule has 1 aromatic rings. The Hall–Kier alpha value is -0.197. The van der Waals surface area contributed by atoms with Crippen molar-refractivity contribution in [1.82, 2.24) is 0 Å². The van der Waals surface area contributed by atoms with Gasteiger partial charge in [0, 0.05) is 0 Å². The van der Waals surface area contributed by atoms with Gasteiger partial charge in [0.05, 0.1) is 0 Å². The van der Waals surface area contributed by atoms with Crippen molar-refractivity contribution in [2.75, 3.05) is 4.90 Å². The van der Waals surface area contributed by atoms with E-state index in [1.807, 2.05) is 0 Å². The van der Waals surface area contributed by atoms with Crippen molar-refractivity contribution in [2.45, 2.75) is 79.2 Å². The fourth-order valence-corrected chi connectivity index (χ4v) is 6.79. The molecule has 0 spiro atoms. The van der Waals surface area contributed by atoms with Crippen LogP contribution in [-0.4, -0.2) is 9.77 Å². The maximum atomic E-state index is 6.52. The summed E-state index contributed by atoms with van der Waals surface area (Å²) in [4.78, 5) is 2.61. The van der Waals surface area contributed by atoms with Gasteiger partial charge in [0.15, 0.2) is 0 Å². The van der Waals surface area contributed by atoms with E-state index < -0.39 is 0 Å². The van der Waals surface area contributed by atoms with Crippen LogP contribution >= 0.6 is 9.69 Å². The fraction of sp³-hybridized carbons (Fsp3) is 0.650. The van der Waals surface area contributed by atoms with Crippen LogP contribution in [0.4, 0.5) is 5.69 Å². The molecular weight excluding hydrogens is 393 g/mol. The SMILES string of the molecule is CC(C)c1cccc(C(C)C)c1N1[C](=[Rh][Cl])C(C)(C)CC1(C)C. The van der Waals surface area contributed by atoms with Gasteiger partial charge < -0.3 is 0 Å². The molecule has 1 saturated heterocycles. The molecule has 0 saturated carbocycles. The van der Waals surface area contributed by atoms with Crippen LogP contribution in [0.15, 0.2) is 18.2 Å². The zero-order valence-corrected chi connectivity index (χ0v) is 18.1. The molecule has 0 bridgehead atoms. The predicted molar refractivity (Wildman–Crippen MR) is 100 cm³/mol. The van der Waals surface area contributed by atoms with E-state index in [4.69, 9.17) is 9.69 Å². The van der Waals surface area contributed by atoms with Crippen molar-refractivity contribution in [1.29, 1.82) is 0 Å². The summed E-state index contributed by atoms with van der Waals surface area (Å²) in [6, 6.07) is 6.81. The van der Waals surface area contributed by atoms with E-state index in [2.05, 4.69) is 78.5 Å². The summed E-state index contributed by atoms with van der Waals surface area (Å²) in [5, 5.41) is 0. The normalized spacial score (nSPS) is 22.4. The third-order valence-electron chi connectivity index (χ3n) is 4.82. The Labute approximate surface area is 154 Å². The first-order valence-electron chi connectivity index (χ1n) is 8.55. The average Bonchev–Trinajstić information content (AvgIpc) is 2.60. The number of halogens is 1. The Morgan fingerprint density at radius 2 is 1.48 bits per heavy atom. The predicted octanol–water partition coefficient (Wildman–Crippen LogP) is 6.31. The molecule has 1 aliphatic heterocycles. The van der Waals surface area contributed by atoms with Crippen molar-refractivity contribution < 1.29 is 15.7 Å². The van der Waals surface area contributed by atoms with Gasteiger partial charge in [-0.1, -0.05) is 0 Å². The van der Waals surface area contributed by atoms with Crippen LogP contribution in [0, 0.1) is 5.41 Å². The number of hydrogen-bond donors (Lipinski definition) is 0. The molecule has 0 aromatic heterocycles. The van der Waals surface area contributed by atoms with Gasteiger partial charge in [-0.15, -0.1) is 0 Å². The van der Waals surface area contributed by atoms with Gasteiger partial charge in [-0.05, 0) is 0 Å². The summed E-state index contributed by atoms with van der Waals surface area (Å²) >= 11 is -0.0766. The van der Waals surface area contributed by atoms with E-state index in [9.17, 15) is 0 Å². The van der Waals surface area contributed by atoms with Crippen LogP contribution in [0.1, 0.15) is 84.8 Å². The van der Waals surface area contributed by atoms with E-state index >= 15 is 0 Å². The molecule has 1 heterocycles. The standard InChI is InChI=1S/C20H31N.ClH.Rh/c1-14(2)16-10-9-11-17(15(3)4)18(16)21-13-19(5,6)12-20(21,7)8;;/h9-11,14-15H,12H2,1-8H3;1H;/q;;+1/p-1. The second-order valence-corrected chi connectivity index (χ2v) is 10.5. The summed E-state index contributed by atoms with van der Waals surface area (Å²) in [6.07, 6.45) is 1.15. The first-order valence-corrected chi connectivity index (χ1v) is 11.5. The van der Waals surface area contributed by atoms with Crippen LogP contribution in [-0.2, 0) is 15.7 Å². The Balaban J connectivity index is 2.78. The average molecular weight is 424 g/mol. The number of nitrogens with zero attached hydrogens (tertiary/aromatic N) is 1. The Bertz CT molecular complexity index is 588. The second kappa shape index (κ2) is 6.60. The topological polar surface area (TPSA) is 3.24 Å². The molecule has 0 radical (unpaired) electrons. The van der Waals surface area contributed by atoms with Crippen molar-refractivity contribution in [3.8, 4) is 0 Å². The first kappa shape index (κ1) is 19.1. The molecule has 0 aliphatic carbocycles. The van der Waals surface area contributed by atoms with Crippen LogP contribution in [0.5, 0.6) is 0 Å². The van der Waals surface area contributed by atoms with Gasteiger partial charge in [0.25, 0.3) is 0 Å². The summed E-state index contributed by atoms with van der Waals surface area (Å²) in [5.41, 5.74) is 4.59. The molecule has 0 unspecified atom stereocenters. The number of hydrogen-bond acceptors (Lipinski definition) is 1. The number of para-hydroxylation sites is 1. The summed E-state index contributed by atoms with van der Waals surface area (Å²) in [6.45, 7) is 18.6. The molecule has 1 fully saturated rings. The Morgan fingerprint density at radius 1 is 1.00 bits per heavy atom. The third kappa shape index (κ3) is 3.45. The summed E-state index contributed by atoms with van der Waals surface area (Å²) in [7, 11) is 6.52. The Morgan fingerprint density at radius 3 is 1.87 bits per heavy atom.